The molecule has 0 radical (unpaired) electrons. The smallest absolute Gasteiger partial charge is 0.212 e. The maximum Gasteiger partial charge on any atom is 0.233 e. The summed E-state index contributed by atoms with van der Waals surface area (Å²) in [7, 11) is 1.70. The van der Waals surface area contributed by atoms with Gasteiger partial charge in [-0.2, -0.15) is 4.37 Å². The maximum atomic E-state index is 10.7. The van der Waals surface area contributed by atoms with Crippen LogP contribution < -0.4 is 0 Å². The first kappa shape index (κ1) is 14.2. The van der Waals surface area contributed by atoms with E-state index in [4.69, 9.17) is 10.7 Å². The topological polar surface area (TPSA) is 59.9 Å². The molecule has 0 unspecified atom stereocenters. The highest BCUT2D eigenvalue weighted by molar-refractivity contribution is 8.14. The van der Waals surface area contributed by atoms with Crippen molar-refractivity contribution in [3.05, 3.63) is 5.82 Å². The average molecular weight is 301 g/mol. The van der Waals surface area contributed by atoms with Gasteiger partial charge in [0.1, 0.15) is 5.82 Å². The van der Waals surface area contributed by atoms with E-state index < -0.39 is 9.05 Å². The van der Waals surface area contributed by atoms with Crippen LogP contribution in [0.15, 0.2) is 4.34 Å². The molecule has 16 heavy (non-hydrogen) atoms. The minimum Gasteiger partial charge on any atom is -0.212 e. The Hall–Kier alpha value is 0.150. The molecule has 92 valence electrons. The van der Waals surface area contributed by atoms with Crippen molar-refractivity contribution in [2.45, 2.75) is 30.5 Å². The second kappa shape index (κ2) is 5.20. The lowest BCUT2D eigenvalue weighted by Gasteiger charge is -2.11. The predicted molar refractivity (Wildman–Crippen MR) is 69.0 cm³/mol. The molecule has 8 heteroatoms. The highest BCUT2D eigenvalue weighted by atomic mass is 35.7. The van der Waals surface area contributed by atoms with E-state index in [1.54, 1.807) is 0 Å². The highest BCUT2D eigenvalue weighted by Gasteiger charge is 2.19. The van der Waals surface area contributed by atoms with Crippen LogP contribution in [-0.4, -0.2) is 29.3 Å². The van der Waals surface area contributed by atoms with Crippen LogP contribution in [0, 0.1) is 0 Å². The van der Waals surface area contributed by atoms with Gasteiger partial charge in [-0.25, -0.2) is 13.4 Å². The molecule has 1 heterocycles. The van der Waals surface area contributed by atoms with Gasteiger partial charge in [-0.05, 0) is 11.5 Å². The average Bonchev–Trinajstić information content (AvgIpc) is 2.49. The molecule has 0 aromatic carbocycles. The lowest BCUT2D eigenvalue weighted by atomic mass is 9.96. The second-order valence-corrected chi connectivity index (χ2v) is 9.22. The molecule has 0 atom stereocenters. The standard InChI is InChI=1S/C8H13ClN2O2S3/c1-8(2,3)6-10-7(15-11-6)14-4-5-16(9,12)13/h4-5H2,1-3H3. The summed E-state index contributed by atoms with van der Waals surface area (Å²) in [5.74, 6) is 1.14. The Balaban J connectivity index is 2.54. The lowest BCUT2D eigenvalue weighted by molar-refractivity contribution is 0.551. The van der Waals surface area contributed by atoms with Gasteiger partial charge < -0.3 is 0 Å². The molecule has 0 aliphatic carbocycles. The van der Waals surface area contributed by atoms with Crippen LogP contribution in [0.5, 0.6) is 0 Å². The zero-order chi connectivity index (χ0) is 12.4. The number of nitrogens with zero attached hydrogens (tertiary/aromatic N) is 2. The Labute approximate surface area is 108 Å². The Bertz CT molecular complexity index is 450. The molecule has 0 spiro atoms. The molecular formula is C8H13ClN2O2S3. The molecule has 4 nitrogen and oxygen atoms in total. The van der Waals surface area contributed by atoms with Crippen LogP contribution >= 0.6 is 34.0 Å². The Morgan fingerprint density at radius 1 is 1.44 bits per heavy atom. The van der Waals surface area contributed by atoms with Crippen LogP contribution in [0.4, 0.5) is 0 Å². The normalized spacial score (nSPS) is 13.0. The van der Waals surface area contributed by atoms with E-state index in [1.165, 1.54) is 23.3 Å². The highest BCUT2D eigenvalue weighted by Crippen LogP contribution is 2.26. The van der Waals surface area contributed by atoms with Crippen LogP contribution in [0.25, 0.3) is 0 Å². The van der Waals surface area contributed by atoms with Crippen LogP contribution in [0.2, 0.25) is 0 Å². The fourth-order valence-corrected chi connectivity index (χ4v) is 4.00. The summed E-state index contributed by atoms with van der Waals surface area (Å²) in [6, 6.07) is 0. The van der Waals surface area contributed by atoms with Crippen molar-refractivity contribution in [3.63, 3.8) is 0 Å². The van der Waals surface area contributed by atoms with Gasteiger partial charge in [0, 0.05) is 21.9 Å². The van der Waals surface area contributed by atoms with Gasteiger partial charge in [0.25, 0.3) is 0 Å². The molecule has 0 saturated heterocycles. The summed E-state index contributed by atoms with van der Waals surface area (Å²) < 4.78 is 26.4. The summed E-state index contributed by atoms with van der Waals surface area (Å²) in [6.07, 6.45) is 0. The van der Waals surface area contributed by atoms with Gasteiger partial charge in [-0.1, -0.05) is 32.5 Å². The maximum absolute atomic E-state index is 10.7. The van der Waals surface area contributed by atoms with E-state index in [0.29, 0.717) is 5.75 Å². The minimum absolute atomic E-state index is 0.0519. The van der Waals surface area contributed by atoms with Crippen LogP contribution in [-0.2, 0) is 14.5 Å². The lowest BCUT2D eigenvalue weighted by Crippen LogP contribution is -2.13. The van der Waals surface area contributed by atoms with Crippen molar-refractivity contribution in [2.24, 2.45) is 0 Å². The number of rotatable bonds is 4. The second-order valence-electron chi connectivity index (χ2n) is 4.23. The molecule has 0 fully saturated rings. The number of halogens is 1. The summed E-state index contributed by atoms with van der Waals surface area (Å²) >= 11 is 2.66. The first-order valence-electron chi connectivity index (χ1n) is 4.58. The Morgan fingerprint density at radius 2 is 2.06 bits per heavy atom. The van der Waals surface area contributed by atoms with Gasteiger partial charge in [-0.3, -0.25) is 0 Å². The third kappa shape index (κ3) is 4.99. The molecule has 1 aromatic heterocycles. The molecule has 0 aliphatic heterocycles. The quantitative estimate of drug-likeness (QED) is 0.631. The SMILES string of the molecule is CC(C)(C)c1nsc(SCCS(=O)(=O)Cl)n1. The van der Waals surface area contributed by atoms with Gasteiger partial charge in [0.05, 0.1) is 5.75 Å². The van der Waals surface area contributed by atoms with Gasteiger partial charge in [0.2, 0.25) is 9.05 Å². The summed E-state index contributed by atoms with van der Waals surface area (Å²) in [4.78, 5) is 4.33. The zero-order valence-corrected chi connectivity index (χ0v) is 12.4. The molecule has 0 aliphatic rings. The fraction of sp³-hybridized carbons (Fsp3) is 0.750. The van der Waals surface area contributed by atoms with Gasteiger partial charge >= 0.3 is 0 Å². The largest absolute Gasteiger partial charge is 0.233 e. The number of thioether (sulfide) groups is 1. The minimum atomic E-state index is -3.41. The van der Waals surface area contributed by atoms with Crippen molar-refractivity contribution in [1.82, 2.24) is 9.36 Å². The summed E-state index contributed by atoms with van der Waals surface area (Å²) in [5, 5.41) is 0. The molecule has 0 amide bonds. The van der Waals surface area contributed by atoms with Crippen molar-refractivity contribution < 1.29 is 8.42 Å². The monoisotopic (exact) mass is 300 g/mol. The van der Waals surface area contributed by atoms with Crippen molar-refractivity contribution >= 4 is 43.0 Å². The zero-order valence-electron chi connectivity index (χ0n) is 9.23. The number of aromatic nitrogens is 2. The molecule has 0 bridgehead atoms. The van der Waals surface area contributed by atoms with E-state index >= 15 is 0 Å². The Morgan fingerprint density at radius 3 is 2.50 bits per heavy atom. The van der Waals surface area contributed by atoms with Gasteiger partial charge in [0.15, 0.2) is 4.34 Å². The molecular weight excluding hydrogens is 288 g/mol. The molecule has 1 rings (SSSR count). The van der Waals surface area contributed by atoms with E-state index in [1.807, 2.05) is 20.8 Å². The molecule has 1 aromatic rings. The Kier molecular flexibility index (Phi) is 4.62. The van der Waals surface area contributed by atoms with Crippen LogP contribution in [0.3, 0.4) is 0 Å². The van der Waals surface area contributed by atoms with E-state index in [0.717, 1.165) is 10.2 Å². The predicted octanol–water partition coefficient (Wildman–Crippen LogP) is 2.50. The number of hydrogen-bond donors (Lipinski definition) is 0. The van der Waals surface area contributed by atoms with E-state index in [2.05, 4.69) is 9.36 Å². The third-order valence-corrected chi connectivity index (χ3v) is 4.88. The van der Waals surface area contributed by atoms with Crippen molar-refractivity contribution in [1.29, 1.82) is 0 Å². The first-order valence-corrected chi connectivity index (χ1v) is 8.81. The number of hydrogen-bond acceptors (Lipinski definition) is 6. The third-order valence-electron chi connectivity index (χ3n) is 1.63. The van der Waals surface area contributed by atoms with Crippen molar-refractivity contribution in [2.75, 3.05) is 11.5 Å². The summed E-state index contributed by atoms with van der Waals surface area (Å²) in [5.41, 5.74) is -0.0755. The van der Waals surface area contributed by atoms with Gasteiger partial charge in [-0.15, -0.1) is 0 Å². The molecule has 0 N–H and O–H groups in total. The van der Waals surface area contributed by atoms with E-state index in [9.17, 15) is 8.42 Å². The van der Waals surface area contributed by atoms with E-state index in [-0.39, 0.29) is 11.2 Å². The van der Waals surface area contributed by atoms with Crippen LogP contribution in [0.1, 0.15) is 26.6 Å². The summed E-state index contributed by atoms with van der Waals surface area (Å²) in [6.45, 7) is 6.10. The molecule has 0 saturated carbocycles. The first-order chi connectivity index (χ1) is 7.18. The van der Waals surface area contributed by atoms with Crippen molar-refractivity contribution in [3.8, 4) is 0 Å². The fourth-order valence-electron chi connectivity index (χ4n) is 0.801.